The lowest BCUT2D eigenvalue weighted by molar-refractivity contribution is -0.239. The zero-order chi connectivity index (χ0) is 8.58. The lowest BCUT2D eigenvalue weighted by atomic mass is 10.7. The Hall–Kier alpha value is -0.240. The van der Waals surface area contributed by atoms with Crippen LogP contribution in [0.2, 0.25) is 0 Å². The lowest BCUT2D eigenvalue weighted by Gasteiger charge is -2.15. The molecule has 0 aromatic rings. The molecule has 0 aliphatic rings. The van der Waals surface area contributed by atoms with Gasteiger partial charge in [-0.15, -0.1) is 0 Å². The molecule has 1 atom stereocenters. The van der Waals surface area contributed by atoms with Crippen molar-refractivity contribution < 1.29 is 26.2 Å². The Morgan fingerprint density at radius 1 is 1.10 bits per heavy atom. The molecule has 0 spiro atoms. The molecular formula is C2H2F5NOS. The van der Waals surface area contributed by atoms with Gasteiger partial charge in [-0.05, 0) is 0 Å². The first-order valence-corrected chi connectivity index (χ1v) is 3.01. The Kier molecular flexibility index (Phi) is 2.36. The van der Waals surface area contributed by atoms with Gasteiger partial charge in [-0.2, -0.15) is 22.0 Å². The Bertz CT molecular complexity index is 152. The summed E-state index contributed by atoms with van der Waals surface area (Å²) < 4.78 is 65.7. The first kappa shape index (κ1) is 9.76. The van der Waals surface area contributed by atoms with Crippen LogP contribution in [0, 0.1) is 0 Å². The van der Waals surface area contributed by atoms with Crippen molar-refractivity contribution in [2.24, 2.45) is 5.14 Å². The van der Waals surface area contributed by atoms with Crippen molar-refractivity contribution in [3.63, 3.8) is 0 Å². The average Bonchev–Trinajstić information content (AvgIpc) is 1.62. The molecule has 0 aromatic heterocycles. The van der Waals surface area contributed by atoms with Gasteiger partial charge >= 0.3 is 11.4 Å². The monoisotopic (exact) mass is 183 g/mol. The zero-order valence-corrected chi connectivity index (χ0v) is 5.10. The summed E-state index contributed by atoms with van der Waals surface area (Å²) >= 11 is 0. The van der Waals surface area contributed by atoms with E-state index in [4.69, 9.17) is 0 Å². The fourth-order valence-electron chi connectivity index (χ4n) is 0.114. The van der Waals surface area contributed by atoms with E-state index in [0.29, 0.717) is 0 Å². The molecule has 1 unspecified atom stereocenters. The van der Waals surface area contributed by atoms with Crippen LogP contribution in [0.5, 0.6) is 0 Å². The fourth-order valence-corrected chi connectivity index (χ4v) is 0.342. The first-order chi connectivity index (χ1) is 4.19. The average molecular weight is 183 g/mol. The molecule has 2 nitrogen and oxygen atoms in total. The third kappa shape index (κ3) is 1.63. The number of hydrogen-bond donors (Lipinski definition) is 1. The molecule has 0 aromatic carbocycles. The predicted octanol–water partition coefficient (Wildman–Crippen LogP) is 0.764. The van der Waals surface area contributed by atoms with Gasteiger partial charge in [0.05, 0.1) is 0 Å². The maximum Gasteiger partial charge on any atom is 0.468 e. The first-order valence-electron chi connectivity index (χ1n) is 1.80. The molecule has 0 fully saturated rings. The molecule has 8 heteroatoms. The van der Waals surface area contributed by atoms with Crippen LogP contribution in [-0.2, 0) is 11.0 Å². The predicted molar refractivity (Wildman–Crippen MR) is 23.3 cm³/mol. The standard InChI is InChI=1S/C2H2F5NOS/c3-1(4,5)2(6,7)10(8)9/h8H2. The van der Waals surface area contributed by atoms with Crippen molar-refractivity contribution in [3.05, 3.63) is 0 Å². The number of hydrogen-bond acceptors (Lipinski definition) is 1. The van der Waals surface area contributed by atoms with E-state index in [2.05, 4.69) is 5.14 Å². The maximum absolute atomic E-state index is 11.5. The normalized spacial score (nSPS) is 17.0. The van der Waals surface area contributed by atoms with Gasteiger partial charge in [-0.25, -0.2) is 9.35 Å². The quantitative estimate of drug-likeness (QED) is 0.599. The molecular weight excluding hydrogens is 181 g/mol. The summed E-state index contributed by atoms with van der Waals surface area (Å²) in [6.45, 7) is 0. The summed E-state index contributed by atoms with van der Waals surface area (Å²) in [5.41, 5.74) is 0. The van der Waals surface area contributed by atoms with Crippen LogP contribution < -0.4 is 5.14 Å². The van der Waals surface area contributed by atoms with E-state index in [1.54, 1.807) is 0 Å². The largest absolute Gasteiger partial charge is 0.468 e. The smallest absolute Gasteiger partial charge is 0.246 e. The van der Waals surface area contributed by atoms with E-state index in [9.17, 15) is 26.2 Å². The second-order valence-electron chi connectivity index (χ2n) is 1.31. The summed E-state index contributed by atoms with van der Waals surface area (Å²) in [4.78, 5) is 0. The van der Waals surface area contributed by atoms with E-state index in [0.717, 1.165) is 0 Å². The minimum atomic E-state index is -5.84. The highest BCUT2D eigenvalue weighted by Gasteiger charge is 2.61. The van der Waals surface area contributed by atoms with E-state index in [1.165, 1.54) is 0 Å². The highest BCUT2D eigenvalue weighted by Crippen LogP contribution is 2.36. The second-order valence-corrected chi connectivity index (χ2v) is 2.42. The lowest BCUT2D eigenvalue weighted by Crippen LogP contribution is -2.43. The van der Waals surface area contributed by atoms with Crippen LogP contribution in [0.25, 0.3) is 0 Å². The van der Waals surface area contributed by atoms with Gasteiger partial charge in [0.25, 0.3) is 0 Å². The molecule has 0 aliphatic heterocycles. The van der Waals surface area contributed by atoms with Crippen LogP contribution in [0.4, 0.5) is 22.0 Å². The van der Waals surface area contributed by atoms with E-state index in [1.807, 2.05) is 0 Å². The maximum atomic E-state index is 11.5. The van der Waals surface area contributed by atoms with Gasteiger partial charge < -0.3 is 0 Å². The van der Waals surface area contributed by atoms with Crippen LogP contribution in [0.1, 0.15) is 0 Å². The molecule has 0 heterocycles. The summed E-state index contributed by atoms with van der Waals surface area (Å²) in [6, 6.07) is 0. The van der Waals surface area contributed by atoms with E-state index >= 15 is 0 Å². The van der Waals surface area contributed by atoms with Crippen LogP contribution in [-0.4, -0.2) is 15.6 Å². The minimum absolute atomic E-state index is 3.70. The third-order valence-corrected chi connectivity index (χ3v) is 1.32. The highest BCUT2D eigenvalue weighted by atomic mass is 32.2. The van der Waals surface area contributed by atoms with E-state index < -0.39 is 22.4 Å². The van der Waals surface area contributed by atoms with Crippen molar-refractivity contribution >= 4 is 11.0 Å². The van der Waals surface area contributed by atoms with Crippen molar-refractivity contribution in [3.8, 4) is 0 Å². The topological polar surface area (TPSA) is 43.1 Å². The van der Waals surface area contributed by atoms with Gasteiger partial charge in [-0.1, -0.05) is 0 Å². The molecule has 0 rings (SSSR count). The second kappa shape index (κ2) is 2.42. The van der Waals surface area contributed by atoms with Crippen molar-refractivity contribution in [1.82, 2.24) is 0 Å². The van der Waals surface area contributed by atoms with Crippen molar-refractivity contribution in [2.75, 3.05) is 0 Å². The minimum Gasteiger partial charge on any atom is -0.246 e. The Morgan fingerprint density at radius 3 is 1.40 bits per heavy atom. The number of rotatable bonds is 1. The molecule has 0 radical (unpaired) electrons. The van der Waals surface area contributed by atoms with E-state index in [-0.39, 0.29) is 0 Å². The van der Waals surface area contributed by atoms with Gasteiger partial charge in [0.15, 0.2) is 11.0 Å². The number of nitrogens with two attached hydrogens (primary N) is 1. The van der Waals surface area contributed by atoms with Crippen LogP contribution >= 0.6 is 0 Å². The third-order valence-electron chi connectivity index (χ3n) is 0.583. The number of halogens is 5. The van der Waals surface area contributed by atoms with Crippen LogP contribution in [0.15, 0.2) is 0 Å². The van der Waals surface area contributed by atoms with Gasteiger partial charge in [0, 0.05) is 0 Å². The molecule has 0 saturated carbocycles. The molecule has 0 bridgehead atoms. The SMILES string of the molecule is NS(=O)C(F)(F)C(F)(F)F. The highest BCUT2D eigenvalue weighted by molar-refractivity contribution is 7.83. The van der Waals surface area contributed by atoms with Crippen LogP contribution in [0.3, 0.4) is 0 Å². The molecule has 0 aliphatic carbocycles. The Labute approximate surface area is 54.8 Å². The Morgan fingerprint density at radius 2 is 1.40 bits per heavy atom. The zero-order valence-electron chi connectivity index (χ0n) is 4.28. The van der Waals surface area contributed by atoms with Gasteiger partial charge in [0.2, 0.25) is 0 Å². The van der Waals surface area contributed by atoms with Crippen molar-refractivity contribution in [1.29, 1.82) is 0 Å². The molecule has 2 N–H and O–H groups in total. The summed E-state index contributed by atoms with van der Waals surface area (Å²) in [5.74, 6) is 0. The summed E-state index contributed by atoms with van der Waals surface area (Å²) in [7, 11) is -3.70. The summed E-state index contributed by atoms with van der Waals surface area (Å²) in [6.07, 6.45) is -5.84. The van der Waals surface area contributed by atoms with Gasteiger partial charge in [0.1, 0.15) is 0 Å². The van der Waals surface area contributed by atoms with Crippen molar-refractivity contribution in [2.45, 2.75) is 11.4 Å². The molecule has 0 saturated heterocycles. The molecule has 62 valence electrons. The number of alkyl halides is 5. The fraction of sp³-hybridized carbons (Fsp3) is 1.00. The van der Waals surface area contributed by atoms with Gasteiger partial charge in [-0.3, -0.25) is 0 Å². The molecule has 0 amide bonds. The summed E-state index contributed by atoms with van der Waals surface area (Å²) in [5, 5.41) is -1.45. The Balaban J connectivity index is 4.57. The molecule has 10 heavy (non-hydrogen) atoms.